The number of hydrogen-bond donors (Lipinski definition) is 2. The first-order valence-electron chi connectivity index (χ1n) is 7.43. The van der Waals surface area contributed by atoms with Gasteiger partial charge in [0, 0.05) is 32.0 Å². The minimum atomic E-state index is -0.189. The Morgan fingerprint density at radius 1 is 1.39 bits per heavy atom. The van der Waals surface area contributed by atoms with Gasteiger partial charge in [-0.2, -0.15) is 4.52 Å². The van der Waals surface area contributed by atoms with Crippen molar-refractivity contribution in [1.29, 1.82) is 0 Å². The second-order valence-electron chi connectivity index (χ2n) is 5.65. The highest BCUT2D eigenvalue weighted by Crippen LogP contribution is 2.25. The Bertz CT molecular complexity index is 893. The van der Waals surface area contributed by atoms with E-state index in [-0.39, 0.29) is 5.91 Å². The van der Waals surface area contributed by atoms with Gasteiger partial charge in [-0.3, -0.25) is 4.79 Å². The Morgan fingerprint density at radius 2 is 2.22 bits per heavy atom. The number of anilines is 1. The highest BCUT2D eigenvalue weighted by atomic mass is 16.3. The number of rotatable bonds is 3. The number of fused-ring (bicyclic) bond motifs is 1. The lowest BCUT2D eigenvalue weighted by molar-refractivity contribution is -0.114. The summed E-state index contributed by atoms with van der Waals surface area (Å²) in [4.78, 5) is 20.4. The van der Waals surface area contributed by atoms with Crippen LogP contribution in [-0.2, 0) is 4.79 Å². The standard InChI is InChI=1S/C15H16N6O2/c1-8-3-4-11(23-8)15-18-12(17-9(2)22)5-13-19-14(20-21(13)15)10-6-16-7-10/h3-5,10,16H,6-7H2,1-2H3,(H,17,22). The maximum absolute atomic E-state index is 11.3. The Labute approximate surface area is 131 Å². The van der Waals surface area contributed by atoms with E-state index >= 15 is 0 Å². The Balaban J connectivity index is 1.88. The Kier molecular flexibility index (Phi) is 3.12. The van der Waals surface area contributed by atoms with E-state index < -0.39 is 0 Å². The molecule has 4 heterocycles. The predicted molar refractivity (Wildman–Crippen MR) is 83.1 cm³/mol. The van der Waals surface area contributed by atoms with Crippen molar-refractivity contribution in [2.75, 3.05) is 18.4 Å². The molecule has 1 aliphatic heterocycles. The highest BCUT2D eigenvalue weighted by molar-refractivity contribution is 5.88. The third-order valence-electron chi connectivity index (χ3n) is 3.75. The fraction of sp³-hybridized carbons (Fsp3) is 0.333. The topological polar surface area (TPSA) is 97.3 Å². The average molecular weight is 312 g/mol. The van der Waals surface area contributed by atoms with Gasteiger partial charge in [0.1, 0.15) is 11.6 Å². The molecule has 3 aromatic rings. The summed E-state index contributed by atoms with van der Waals surface area (Å²) >= 11 is 0. The first-order chi connectivity index (χ1) is 11.1. The summed E-state index contributed by atoms with van der Waals surface area (Å²) in [6.07, 6.45) is 0. The molecule has 8 nitrogen and oxygen atoms in total. The van der Waals surface area contributed by atoms with Gasteiger partial charge in [-0.15, -0.1) is 5.10 Å². The minimum absolute atomic E-state index is 0.189. The number of nitrogens with one attached hydrogen (secondary N) is 2. The van der Waals surface area contributed by atoms with Crippen LogP contribution in [0.3, 0.4) is 0 Å². The predicted octanol–water partition coefficient (Wildman–Crippen LogP) is 1.34. The molecule has 23 heavy (non-hydrogen) atoms. The van der Waals surface area contributed by atoms with Crippen LogP contribution in [0.2, 0.25) is 0 Å². The Morgan fingerprint density at radius 3 is 2.83 bits per heavy atom. The van der Waals surface area contributed by atoms with Crippen LogP contribution >= 0.6 is 0 Å². The lowest BCUT2D eigenvalue weighted by Gasteiger charge is -2.23. The minimum Gasteiger partial charge on any atom is -0.458 e. The van der Waals surface area contributed by atoms with Crippen LogP contribution < -0.4 is 10.6 Å². The van der Waals surface area contributed by atoms with E-state index in [9.17, 15) is 4.79 Å². The van der Waals surface area contributed by atoms with Crippen molar-refractivity contribution in [1.82, 2.24) is 24.9 Å². The van der Waals surface area contributed by atoms with Crippen molar-refractivity contribution in [2.24, 2.45) is 0 Å². The van der Waals surface area contributed by atoms with E-state index in [0.29, 0.717) is 29.0 Å². The Hall–Kier alpha value is -2.74. The SMILES string of the molecule is CC(=O)Nc1cc2nc(C3CNC3)nn2c(-c2ccc(C)o2)n1. The quantitative estimate of drug-likeness (QED) is 0.757. The van der Waals surface area contributed by atoms with E-state index in [4.69, 9.17) is 4.42 Å². The molecular weight excluding hydrogens is 296 g/mol. The van der Waals surface area contributed by atoms with E-state index in [2.05, 4.69) is 25.7 Å². The first-order valence-corrected chi connectivity index (χ1v) is 7.43. The van der Waals surface area contributed by atoms with Gasteiger partial charge in [0.25, 0.3) is 0 Å². The number of carbonyl (C=O) groups excluding carboxylic acids is 1. The van der Waals surface area contributed by atoms with E-state index in [1.165, 1.54) is 6.92 Å². The number of aryl methyl sites for hydroxylation is 1. The third kappa shape index (κ3) is 2.46. The fourth-order valence-electron chi connectivity index (χ4n) is 2.51. The number of hydrogen-bond acceptors (Lipinski definition) is 6. The molecule has 0 radical (unpaired) electrons. The summed E-state index contributed by atoms with van der Waals surface area (Å²) in [5.74, 6) is 3.21. The molecule has 1 aliphatic rings. The molecule has 3 aromatic heterocycles. The maximum Gasteiger partial charge on any atom is 0.222 e. The van der Waals surface area contributed by atoms with Gasteiger partial charge in [-0.25, -0.2) is 9.97 Å². The molecule has 0 unspecified atom stereocenters. The van der Waals surface area contributed by atoms with Crippen LogP contribution in [0.25, 0.3) is 17.2 Å². The normalized spacial score (nSPS) is 14.9. The molecule has 0 aromatic carbocycles. The summed E-state index contributed by atoms with van der Waals surface area (Å²) in [6.45, 7) is 5.05. The molecule has 8 heteroatoms. The molecule has 1 saturated heterocycles. The van der Waals surface area contributed by atoms with Crippen molar-refractivity contribution in [3.05, 3.63) is 29.8 Å². The zero-order valence-electron chi connectivity index (χ0n) is 12.8. The molecule has 0 spiro atoms. The fourth-order valence-corrected chi connectivity index (χ4v) is 2.51. The second-order valence-corrected chi connectivity index (χ2v) is 5.65. The summed E-state index contributed by atoms with van der Waals surface area (Å²) in [6, 6.07) is 5.41. The van der Waals surface area contributed by atoms with Crippen LogP contribution in [0.15, 0.2) is 22.6 Å². The van der Waals surface area contributed by atoms with Crippen LogP contribution in [0.5, 0.6) is 0 Å². The van der Waals surface area contributed by atoms with Gasteiger partial charge in [0.05, 0.1) is 0 Å². The summed E-state index contributed by atoms with van der Waals surface area (Å²) in [5.41, 5.74) is 0.634. The zero-order chi connectivity index (χ0) is 16.0. The summed E-state index contributed by atoms with van der Waals surface area (Å²) in [5, 5.41) is 10.5. The maximum atomic E-state index is 11.3. The highest BCUT2D eigenvalue weighted by Gasteiger charge is 2.25. The zero-order valence-corrected chi connectivity index (χ0v) is 12.8. The summed E-state index contributed by atoms with van der Waals surface area (Å²) < 4.78 is 7.34. The third-order valence-corrected chi connectivity index (χ3v) is 3.75. The average Bonchev–Trinajstić information content (AvgIpc) is 3.01. The number of amides is 1. The number of carbonyl (C=O) groups is 1. The van der Waals surface area contributed by atoms with Gasteiger partial charge >= 0.3 is 0 Å². The van der Waals surface area contributed by atoms with Crippen molar-refractivity contribution in [3.63, 3.8) is 0 Å². The van der Waals surface area contributed by atoms with E-state index in [1.807, 2.05) is 19.1 Å². The molecular formula is C15H16N6O2. The largest absolute Gasteiger partial charge is 0.458 e. The lowest BCUT2D eigenvalue weighted by Crippen LogP contribution is -2.40. The monoisotopic (exact) mass is 312 g/mol. The molecule has 0 atom stereocenters. The smallest absolute Gasteiger partial charge is 0.222 e. The number of nitrogens with zero attached hydrogens (tertiary/aromatic N) is 4. The van der Waals surface area contributed by atoms with Gasteiger partial charge in [0.2, 0.25) is 11.7 Å². The van der Waals surface area contributed by atoms with Crippen LogP contribution in [0.4, 0.5) is 5.82 Å². The molecule has 2 N–H and O–H groups in total. The number of furan rings is 1. The van der Waals surface area contributed by atoms with Crippen molar-refractivity contribution >= 4 is 17.4 Å². The van der Waals surface area contributed by atoms with E-state index in [1.54, 1.807) is 10.6 Å². The van der Waals surface area contributed by atoms with Crippen molar-refractivity contribution < 1.29 is 9.21 Å². The molecule has 118 valence electrons. The van der Waals surface area contributed by atoms with Crippen LogP contribution in [0.1, 0.15) is 24.4 Å². The molecule has 1 amide bonds. The van der Waals surface area contributed by atoms with Crippen LogP contribution in [-0.4, -0.2) is 38.6 Å². The first kappa shape index (κ1) is 13.9. The van der Waals surface area contributed by atoms with Crippen LogP contribution in [0, 0.1) is 6.92 Å². The molecule has 1 fully saturated rings. The molecule has 0 aliphatic carbocycles. The van der Waals surface area contributed by atoms with Gasteiger partial charge in [-0.1, -0.05) is 0 Å². The number of aromatic nitrogens is 4. The molecule has 0 saturated carbocycles. The van der Waals surface area contributed by atoms with Crippen molar-refractivity contribution in [3.8, 4) is 11.6 Å². The lowest BCUT2D eigenvalue weighted by atomic mass is 10.0. The second kappa shape index (κ2) is 5.17. The summed E-state index contributed by atoms with van der Waals surface area (Å²) in [7, 11) is 0. The van der Waals surface area contributed by atoms with Gasteiger partial charge < -0.3 is 15.1 Å². The van der Waals surface area contributed by atoms with Gasteiger partial charge in [0.15, 0.2) is 17.2 Å². The molecule has 0 bridgehead atoms. The molecule has 4 rings (SSSR count). The van der Waals surface area contributed by atoms with Gasteiger partial charge in [-0.05, 0) is 19.1 Å². The van der Waals surface area contributed by atoms with E-state index in [0.717, 1.165) is 24.7 Å². The van der Waals surface area contributed by atoms with Crippen molar-refractivity contribution in [2.45, 2.75) is 19.8 Å².